The number of rotatable bonds is 13. The molecule has 11 heteroatoms. The fourth-order valence-electron chi connectivity index (χ4n) is 4.00. The lowest BCUT2D eigenvalue weighted by molar-refractivity contribution is -0.139. The summed E-state index contributed by atoms with van der Waals surface area (Å²) in [5.41, 5.74) is 0.880. The van der Waals surface area contributed by atoms with E-state index in [9.17, 15) is 18.0 Å². The minimum absolute atomic E-state index is 0.00566. The van der Waals surface area contributed by atoms with Gasteiger partial charge in [0, 0.05) is 22.6 Å². The summed E-state index contributed by atoms with van der Waals surface area (Å²) < 4.78 is 34.3. The number of halogens is 2. The molecule has 0 aromatic heterocycles. The summed E-state index contributed by atoms with van der Waals surface area (Å²) in [6.07, 6.45) is 0.710. The Morgan fingerprint density at radius 3 is 2.15 bits per heavy atom. The quantitative estimate of drug-likeness (QED) is 0.256. The van der Waals surface area contributed by atoms with E-state index < -0.39 is 28.5 Å². The Morgan fingerprint density at radius 2 is 1.56 bits per heavy atom. The van der Waals surface area contributed by atoms with Crippen LogP contribution in [-0.4, -0.2) is 50.4 Å². The third kappa shape index (κ3) is 8.38. The SMILES string of the molecule is CCOc1ccc(N(CC(=O)N(Cc2ccccc2Cl)[C@@H](C)C(=O)N[C@H](C)CC)S(=O)(=O)c2ccc(Cl)cc2)cc1. The topological polar surface area (TPSA) is 96.0 Å². The highest BCUT2D eigenvalue weighted by atomic mass is 35.5. The number of amides is 2. The maximum atomic E-state index is 14.0. The van der Waals surface area contributed by atoms with E-state index in [2.05, 4.69) is 5.32 Å². The molecule has 8 nitrogen and oxygen atoms in total. The molecule has 0 radical (unpaired) electrons. The number of nitrogens with one attached hydrogen (secondary N) is 1. The standard InChI is InChI=1S/C30H35Cl2N3O5S/c1-5-21(3)33-30(37)22(4)34(19-23-9-7-8-10-28(23)32)29(36)20-35(25-13-15-26(16-14-25)40-6-2)41(38,39)27-17-11-24(31)12-18-27/h7-18,21-22H,5-6,19-20H2,1-4H3,(H,33,37)/t21-,22+/m1/s1. The first-order valence-corrected chi connectivity index (χ1v) is 15.5. The van der Waals surface area contributed by atoms with Gasteiger partial charge in [0.15, 0.2) is 0 Å². The van der Waals surface area contributed by atoms with Gasteiger partial charge < -0.3 is 15.0 Å². The Labute approximate surface area is 252 Å². The van der Waals surface area contributed by atoms with Crippen LogP contribution in [0.5, 0.6) is 5.75 Å². The first kappa shape index (κ1) is 32.2. The van der Waals surface area contributed by atoms with E-state index in [0.717, 1.165) is 4.31 Å². The predicted octanol–water partition coefficient (Wildman–Crippen LogP) is 5.92. The molecule has 0 saturated heterocycles. The Morgan fingerprint density at radius 1 is 0.927 bits per heavy atom. The van der Waals surface area contributed by atoms with Crippen molar-refractivity contribution >= 4 is 50.7 Å². The third-order valence-electron chi connectivity index (χ3n) is 6.58. The summed E-state index contributed by atoms with van der Waals surface area (Å²) in [4.78, 5) is 28.4. The number of carbonyl (C=O) groups excluding carboxylic acids is 2. The molecule has 0 fully saturated rings. The molecule has 0 heterocycles. The van der Waals surface area contributed by atoms with Crippen molar-refractivity contribution in [1.82, 2.24) is 10.2 Å². The van der Waals surface area contributed by atoms with Crippen molar-refractivity contribution in [1.29, 1.82) is 0 Å². The largest absolute Gasteiger partial charge is 0.494 e. The Balaban J connectivity index is 2.04. The number of ether oxygens (including phenoxy) is 1. The molecule has 3 aromatic carbocycles. The van der Waals surface area contributed by atoms with E-state index >= 15 is 0 Å². The molecule has 3 rings (SSSR count). The van der Waals surface area contributed by atoms with E-state index in [1.165, 1.54) is 29.2 Å². The molecule has 0 aliphatic rings. The van der Waals surface area contributed by atoms with Crippen LogP contribution in [0.2, 0.25) is 10.0 Å². The fourth-order valence-corrected chi connectivity index (χ4v) is 5.73. The minimum Gasteiger partial charge on any atom is -0.494 e. The zero-order valence-corrected chi connectivity index (χ0v) is 25.8. The van der Waals surface area contributed by atoms with Gasteiger partial charge in [0.05, 0.1) is 17.2 Å². The molecule has 0 aliphatic carbocycles. The van der Waals surface area contributed by atoms with Gasteiger partial charge in [-0.15, -0.1) is 0 Å². The maximum Gasteiger partial charge on any atom is 0.264 e. The fraction of sp³-hybridized carbons (Fsp3) is 0.333. The van der Waals surface area contributed by atoms with E-state index in [4.69, 9.17) is 27.9 Å². The highest BCUT2D eigenvalue weighted by Gasteiger charge is 2.33. The van der Waals surface area contributed by atoms with Crippen LogP contribution in [0.1, 0.15) is 39.7 Å². The molecule has 2 amide bonds. The van der Waals surface area contributed by atoms with Crippen molar-refractivity contribution in [3.8, 4) is 5.75 Å². The van der Waals surface area contributed by atoms with Crippen molar-refractivity contribution in [2.24, 2.45) is 0 Å². The van der Waals surface area contributed by atoms with Gasteiger partial charge in [0.2, 0.25) is 11.8 Å². The minimum atomic E-state index is -4.21. The normalized spacial score (nSPS) is 12.7. The van der Waals surface area contributed by atoms with E-state index in [-0.39, 0.29) is 29.1 Å². The van der Waals surface area contributed by atoms with Crippen molar-refractivity contribution in [3.05, 3.63) is 88.4 Å². The second-order valence-corrected chi connectivity index (χ2v) is 12.2. The van der Waals surface area contributed by atoms with Crippen LogP contribution in [-0.2, 0) is 26.2 Å². The molecule has 1 N–H and O–H groups in total. The van der Waals surface area contributed by atoms with Crippen molar-refractivity contribution in [3.63, 3.8) is 0 Å². The van der Waals surface area contributed by atoms with Crippen LogP contribution in [0, 0.1) is 0 Å². The molecule has 0 unspecified atom stereocenters. The number of sulfonamides is 1. The Kier molecular flexibility index (Phi) is 11.5. The number of nitrogens with zero attached hydrogens (tertiary/aromatic N) is 2. The van der Waals surface area contributed by atoms with Crippen LogP contribution in [0.25, 0.3) is 0 Å². The molecule has 0 spiro atoms. The monoisotopic (exact) mass is 619 g/mol. The van der Waals surface area contributed by atoms with E-state index in [1.54, 1.807) is 55.5 Å². The van der Waals surface area contributed by atoms with E-state index in [1.807, 2.05) is 20.8 Å². The zero-order valence-electron chi connectivity index (χ0n) is 23.5. The molecule has 3 aromatic rings. The lowest BCUT2D eigenvalue weighted by Gasteiger charge is -2.32. The van der Waals surface area contributed by atoms with Gasteiger partial charge >= 0.3 is 0 Å². The van der Waals surface area contributed by atoms with Gasteiger partial charge in [-0.25, -0.2) is 8.42 Å². The maximum absolute atomic E-state index is 14.0. The molecule has 0 saturated carbocycles. The second-order valence-electron chi connectivity index (χ2n) is 9.50. The number of hydrogen-bond donors (Lipinski definition) is 1. The molecular formula is C30H35Cl2N3O5S. The molecule has 2 atom stereocenters. The molecule has 220 valence electrons. The van der Waals surface area contributed by atoms with Gasteiger partial charge in [-0.2, -0.15) is 0 Å². The lowest BCUT2D eigenvalue weighted by atomic mass is 10.1. The summed E-state index contributed by atoms with van der Waals surface area (Å²) in [6.45, 7) is 7.15. The average Bonchev–Trinajstić information content (AvgIpc) is 2.95. The average molecular weight is 621 g/mol. The first-order valence-electron chi connectivity index (χ1n) is 13.3. The van der Waals surface area contributed by atoms with Crippen LogP contribution in [0.3, 0.4) is 0 Å². The summed E-state index contributed by atoms with van der Waals surface area (Å²) in [7, 11) is -4.21. The summed E-state index contributed by atoms with van der Waals surface area (Å²) in [5, 5.41) is 3.71. The summed E-state index contributed by atoms with van der Waals surface area (Å²) in [6, 6.07) is 18.1. The summed E-state index contributed by atoms with van der Waals surface area (Å²) in [5.74, 6) is -0.377. The second kappa shape index (κ2) is 14.6. The molecule has 0 aliphatic heterocycles. The van der Waals surface area contributed by atoms with Gasteiger partial charge in [-0.05, 0) is 87.4 Å². The Bertz CT molecular complexity index is 1430. The molecule has 41 heavy (non-hydrogen) atoms. The van der Waals surface area contributed by atoms with Gasteiger partial charge in [0.1, 0.15) is 18.3 Å². The summed E-state index contributed by atoms with van der Waals surface area (Å²) >= 11 is 12.4. The number of hydrogen-bond acceptors (Lipinski definition) is 5. The van der Waals surface area contributed by atoms with Gasteiger partial charge in [0.25, 0.3) is 10.0 Å². The molecule has 0 bridgehead atoms. The van der Waals surface area contributed by atoms with Crippen LogP contribution >= 0.6 is 23.2 Å². The van der Waals surface area contributed by atoms with Crippen LogP contribution in [0.15, 0.2) is 77.7 Å². The number of anilines is 1. The number of carbonyl (C=O) groups is 2. The van der Waals surface area contributed by atoms with E-state index in [0.29, 0.717) is 34.4 Å². The predicted molar refractivity (Wildman–Crippen MR) is 163 cm³/mol. The molecular weight excluding hydrogens is 585 g/mol. The van der Waals surface area contributed by atoms with Crippen LogP contribution < -0.4 is 14.4 Å². The van der Waals surface area contributed by atoms with Crippen LogP contribution in [0.4, 0.5) is 5.69 Å². The zero-order chi connectivity index (χ0) is 30.2. The van der Waals surface area contributed by atoms with Gasteiger partial charge in [-0.3, -0.25) is 13.9 Å². The smallest absolute Gasteiger partial charge is 0.264 e. The van der Waals surface area contributed by atoms with Crippen molar-refractivity contribution in [2.75, 3.05) is 17.5 Å². The highest BCUT2D eigenvalue weighted by Crippen LogP contribution is 2.28. The van der Waals surface area contributed by atoms with Gasteiger partial charge in [-0.1, -0.05) is 48.3 Å². The number of benzene rings is 3. The first-order chi connectivity index (χ1) is 19.5. The highest BCUT2D eigenvalue weighted by molar-refractivity contribution is 7.92. The third-order valence-corrected chi connectivity index (χ3v) is 8.99. The van der Waals surface area contributed by atoms with Crippen molar-refractivity contribution in [2.45, 2.75) is 57.6 Å². The van der Waals surface area contributed by atoms with Crippen molar-refractivity contribution < 1.29 is 22.7 Å². The lowest BCUT2D eigenvalue weighted by Crippen LogP contribution is -2.52. The Hall–Kier alpha value is -3.27.